The maximum atomic E-state index is 2.69. The van der Waals surface area contributed by atoms with Gasteiger partial charge in [0.2, 0.25) is 0 Å². The standard InChI is InChI=1S/C59H60N2/c1-7-57(2,3)30-14-16-45-38-60(48-17-10-8-11-18-48)53-28-26-39(36-50(45)53)46-32-41-22-24-43-34-47(35-44-25-23-42(33-46)55(41)56(43)44)40-27-29-54-51(37-40)52-21-15-31-58(4,5)59(52,6)61(54)49-19-12-9-13-20-49/h8-13,17-20,22-29,32-37,45,52H,7,14-16,21,30-31,38H2,1-6H3. The van der Waals surface area contributed by atoms with Gasteiger partial charge >= 0.3 is 0 Å². The topological polar surface area (TPSA) is 6.48 Å². The quantitative estimate of drug-likeness (QED) is 0.134. The predicted octanol–water partition coefficient (Wildman–Crippen LogP) is 17.0. The van der Waals surface area contributed by atoms with Gasteiger partial charge in [-0.15, -0.1) is 0 Å². The summed E-state index contributed by atoms with van der Waals surface area (Å²) in [5.41, 5.74) is 14.2. The lowest BCUT2D eigenvalue weighted by Gasteiger charge is -2.55. The Hall–Kier alpha value is -5.60. The first-order valence-electron chi connectivity index (χ1n) is 23.2. The Balaban J connectivity index is 0.954. The van der Waals surface area contributed by atoms with Crippen LogP contribution in [0, 0.1) is 10.8 Å². The van der Waals surface area contributed by atoms with E-state index in [1.54, 1.807) is 0 Å². The van der Waals surface area contributed by atoms with Crippen molar-refractivity contribution in [2.75, 3.05) is 16.3 Å². The predicted molar refractivity (Wildman–Crippen MR) is 262 cm³/mol. The van der Waals surface area contributed by atoms with E-state index < -0.39 is 0 Å². The lowest BCUT2D eigenvalue weighted by Crippen LogP contribution is -2.56. The molecule has 61 heavy (non-hydrogen) atoms. The molecule has 0 spiro atoms. The molecule has 3 atom stereocenters. The second-order valence-corrected chi connectivity index (χ2v) is 20.5. The van der Waals surface area contributed by atoms with E-state index in [-0.39, 0.29) is 11.0 Å². The number of para-hydroxylation sites is 2. The van der Waals surface area contributed by atoms with Crippen LogP contribution in [0.25, 0.3) is 54.6 Å². The maximum Gasteiger partial charge on any atom is 0.0543 e. The Kier molecular flexibility index (Phi) is 8.94. The zero-order valence-electron chi connectivity index (χ0n) is 37.1. The van der Waals surface area contributed by atoms with Crippen LogP contribution in [0.15, 0.2) is 146 Å². The molecule has 0 amide bonds. The molecule has 2 heteroatoms. The Morgan fingerprint density at radius 1 is 0.590 bits per heavy atom. The zero-order valence-corrected chi connectivity index (χ0v) is 37.1. The molecule has 3 unspecified atom stereocenters. The zero-order chi connectivity index (χ0) is 41.7. The lowest BCUT2D eigenvalue weighted by molar-refractivity contribution is 0.101. The molecule has 0 radical (unpaired) electrons. The van der Waals surface area contributed by atoms with Gasteiger partial charge in [-0.25, -0.2) is 0 Å². The Bertz CT molecular complexity index is 2860. The maximum absolute atomic E-state index is 2.69. The van der Waals surface area contributed by atoms with E-state index in [1.165, 1.54) is 133 Å². The monoisotopic (exact) mass is 796 g/mol. The van der Waals surface area contributed by atoms with Gasteiger partial charge in [-0.3, -0.25) is 0 Å². The number of nitrogens with zero attached hydrogens (tertiary/aromatic N) is 2. The average Bonchev–Trinajstić information content (AvgIpc) is 3.78. The summed E-state index contributed by atoms with van der Waals surface area (Å²) in [7, 11) is 0. The molecule has 1 saturated carbocycles. The number of rotatable bonds is 9. The highest BCUT2D eigenvalue weighted by molar-refractivity contribution is 6.24. The molecule has 0 aromatic heterocycles. The van der Waals surface area contributed by atoms with Gasteiger partial charge in [-0.2, -0.15) is 0 Å². The Morgan fingerprint density at radius 2 is 1.13 bits per heavy atom. The third kappa shape index (κ3) is 6.11. The second-order valence-electron chi connectivity index (χ2n) is 20.5. The summed E-state index contributed by atoms with van der Waals surface area (Å²) in [5.74, 6) is 1.01. The summed E-state index contributed by atoms with van der Waals surface area (Å²) >= 11 is 0. The molecule has 0 N–H and O–H groups in total. The van der Waals surface area contributed by atoms with Crippen molar-refractivity contribution in [2.45, 2.75) is 104 Å². The van der Waals surface area contributed by atoms with Crippen molar-refractivity contribution in [3.05, 3.63) is 157 Å². The fourth-order valence-electron chi connectivity index (χ4n) is 12.1. The molecule has 8 aromatic rings. The molecule has 0 saturated heterocycles. The van der Waals surface area contributed by atoms with Gasteiger partial charge in [0, 0.05) is 41.1 Å². The van der Waals surface area contributed by atoms with E-state index in [0.29, 0.717) is 17.3 Å². The van der Waals surface area contributed by atoms with Crippen LogP contribution >= 0.6 is 0 Å². The van der Waals surface area contributed by atoms with Crippen molar-refractivity contribution in [3.63, 3.8) is 0 Å². The van der Waals surface area contributed by atoms with E-state index in [2.05, 4.69) is 197 Å². The number of hydrogen-bond donors (Lipinski definition) is 0. The SMILES string of the molecule is CCC(C)(C)CCCC1CN(c2ccccc2)c2ccc(-c3cc4ccc5cc(-c6ccc7c(c6)C6CCCC(C)(C)C6(C)N7c6ccccc6)cc6ccc(c3)c4c56)cc21. The van der Waals surface area contributed by atoms with Crippen LogP contribution < -0.4 is 9.80 Å². The largest absolute Gasteiger partial charge is 0.341 e. The van der Waals surface area contributed by atoms with Crippen LogP contribution in [0.1, 0.15) is 109 Å². The molecule has 3 aliphatic rings. The van der Waals surface area contributed by atoms with Crippen molar-refractivity contribution in [3.8, 4) is 22.3 Å². The van der Waals surface area contributed by atoms with Gasteiger partial charge in [0.25, 0.3) is 0 Å². The minimum atomic E-state index is 0.00948. The highest BCUT2D eigenvalue weighted by Crippen LogP contribution is 2.63. The average molecular weight is 797 g/mol. The minimum Gasteiger partial charge on any atom is -0.341 e. The van der Waals surface area contributed by atoms with E-state index in [0.717, 1.165) is 6.54 Å². The van der Waals surface area contributed by atoms with Gasteiger partial charge in [0.1, 0.15) is 0 Å². The van der Waals surface area contributed by atoms with Crippen molar-refractivity contribution in [1.29, 1.82) is 0 Å². The second kappa shape index (κ2) is 14.2. The molecule has 2 nitrogen and oxygen atoms in total. The molecule has 0 bridgehead atoms. The summed E-state index contributed by atoms with van der Waals surface area (Å²) in [5, 5.41) is 8.04. The van der Waals surface area contributed by atoms with Crippen molar-refractivity contribution < 1.29 is 0 Å². The van der Waals surface area contributed by atoms with Crippen LogP contribution in [0.3, 0.4) is 0 Å². The smallest absolute Gasteiger partial charge is 0.0543 e. The first kappa shape index (κ1) is 38.3. The molecule has 1 aliphatic carbocycles. The summed E-state index contributed by atoms with van der Waals surface area (Å²) < 4.78 is 0. The third-order valence-electron chi connectivity index (χ3n) is 16.3. The van der Waals surface area contributed by atoms with Gasteiger partial charge in [0.15, 0.2) is 0 Å². The van der Waals surface area contributed by atoms with Gasteiger partial charge in [-0.1, -0.05) is 127 Å². The van der Waals surface area contributed by atoms with Crippen molar-refractivity contribution in [1.82, 2.24) is 0 Å². The molecular formula is C59H60N2. The number of anilines is 4. The molecule has 1 fully saturated rings. The highest BCUT2D eigenvalue weighted by atomic mass is 15.3. The Morgan fingerprint density at radius 3 is 1.70 bits per heavy atom. The fraction of sp³-hybridized carbons (Fsp3) is 0.322. The first-order valence-corrected chi connectivity index (χ1v) is 23.2. The van der Waals surface area contributed by atoms with Crippen LogP contribution in [-0.4, -0.2) is 12.1 Å². The lowest BCUT2D eigenvalue weighted by atomic mass is 9.58. The summed E-state index contributed by atoms with van der Waals surface area (Å²) in [4.78, 5) is 5.25. The first-order chi connectivity index (χ1) is 29.5. The summed E-state index contributed by atoms with van der Waals surface area (Å²) in [6.07, 6.45) is 8.75. The summed E-state index contributed by atoms with van der Waals surface area (Å²) in [6, 6.07) is 56.0. The van der Waals surface area contributed by atoms with E-state index in [4.69, 9.17) is 0 Å². The molecule has 306 valence electrons. The number of benzene rings is 8. The molecule has 11 rings (SSSR count). The molecule has 2 aliphatic heterocycles. The number of fused-ring (bicyclic) bond motifs is 4. The van der Waals surface area contributed by atoms with E-state index in [9.17, 15) is 0 Å². The third-order valence-corrected chi connectivity index (χ3v) is 16.3. The van der Waals surface area contributed by atoms with Crippen molar-refractivity contribution in [2.24, 2.45) is 10.8 Å². The van der Waals surface area contributed by atoms with Crippen LogP contribution in [0.2, 0.25) is 0 Å². The molecule has 8 aromatic carbocycles. The molecular weight excluding hydrogens is 737 g/mol. The van der Waals surface area contributed by atoms with Crippen LogP contribution in [-0.2, 0) is 0 Å². The Labute approximate surface area is 363 Å². The van der Waals surface area contributed by atoms with Gasteiger partial charge in [-0.05, 0) is 182 Å². The minimum absolute atomic E-state index is 0.00948. The fourth-order valence-corrected chi connectivity index (χ4v) is 12.1. The van der Waals surface area contributed by atoms with Crippen LogP contribution in [0.4, 0.5) is 22.7 Å². The molecule has 2 heterocycles. The van der Waals surface area contributed by atoms with Crippen LogP contribution in [0.5, 0.6) is 0 Å². The van der Waals surface area contributed by atoms with Crippen molar-refractivity contribution >= 4 is 55.1 Å². The van der Waals surface area contributed by atoms with Gasteiger partial charge < -0.3 is 9.80 Å². The van der Waals surface area contributed by atoms with Gasteiger partial charge in [0.05, 0.1) is 5.54 Å². The summed E-state index contributed by atoms with van der Waals surface area (Å²) in [6.45, 7) is 15.8. The highest BCUT2D eigenvalue weighted by Gasteiger charge is 2.58. The number of hydrogen-bond acceptors (Lipinski definition) is 2. The normalized spacial score (nSPS) is 20.8. The van der Waals surface area contributed by atoms with E-state index in [1.807, 2.05) is 0 Å². The van der Waals surface area contributed by atoms with E-state index >= 15 is 0 Å².